The molecule has 14 heavy (non-hydrogen) atoms. The quantitative estimate of drug-likeness (QED) is 0.759. The van der Waals surface area contributed by atoms with Crippen molar-refractivity contribution in [2.24, 2.45) is 0 Å². The van der Waals surface area contributed by atoms with Gasteiger partial charge >= 0.3 is 0 Å². The van der Waals surface area contributed by atoms with Crippen molar-refractivity contribution in [1.29, 1.82) is 0 Å². The molecule has 1 atom stereocenters. The molecule has 2 rings (SSSR count). The molecule has 1 aromatic rings. The molecule has 1 saturated heterocycles. The van der Waals surface area contributed by atoms with Crippen LogP contribution in [0.25, 0.3) is 0 Å². The molecule has 0 spiro atoms. The van der Waals surface area contributed by atoms with E-state index in [-0.39, 0.29) is 0 Å². The summed E-state index contributed by atoms with van der Waals surface area (Å²) in [5.41, 5.74) is 1.06. The van der Waals surface area contributed by atoms with E-state index in [0.717, 1.165) is 18.8 Å². The Balaban J connectivity index is 2.25. The number of hydrogen-bond acceptors (Lipinski definition) is 2. The van der Waals surface area contributed by atoms with Crippen molar-refractivity contribution >= 4 is 16.8 Å². The molecule has 0 radical (unpaired) electrons. The Morgan fingerprint density at radius 2 is 2.00 bits per heavy atom. The molecule has 4 heteroatoms. The second kappa shape index (κ2) is 4.11. The van der Waals surface area contributed by atoms with Crippen molar-refractivity contribution in [2.75, 3.05) is 18.0 Å². The van der Waals surface area contributed by atoms with E-state index in [1.165, 1.54) is 12.8 Å². The zero-order valence-electron chi connectivity index (χ0n) is 7.85. The Morgan fingerprint density at radius 3 is 2.64 bits per heavy atom. The lowest BCUT2D eigenvalue weighted by Crippen LogP contribution is -2.17. The first-order chi connectivity index (χ1) is 6.77. The van der Waals surface area contributed by atoms with Gasteiger partial charge in [-0.15, -0.1) is 0 Å². The third-order valence-electron chi connectivity index (χ3n) is 2.49. The minimum atomic E-state index is -1.87. The number of nitrogens with zero attached hydrogens (tertiary/aromatic N) is 1. The van der Waals surface area contributed by atoms with Crippen LogP contribution in [0.4, 0.5) is 5.69 Å². The van der Waals surface area contributed by atoms with E-state index in [1.54, 1.807) is 12.1 Å². The molecule has 0 amide bonds. The van der Waals surface area contributed by atoms with Gasteiger partial charge in [-0.25, -0.2) is 4.21 Å². The number of anilines is 1. The summed E-state index contributed by atoms with van der Waals surface area (Å²) in [5, 5.41) is 0. The summed E-state index contributed by atoms with van der Waals surface area (Å²) >= 11 is -1.87. The van der Waals surface area contributed by atoms with E-state index in [2.05, 4.69) is 4.90 Å². The highest BCUT2D eigenvalue weighted by Crippen LogP contribution is 2.21. The standard InChI is InChI=1S/C10H13NO2S/c12-14(13)10-5-3-4-9(8-10)11-6-1-2-7-11/h3-5,8H,1-2,6-7H2,(H,12,13). The maximum absolute atomic E-state index is 10.9. The number of hydrogen-bond donors (Lipinski definition) is 1. The van der Waals surface area contributed by atoms with E-state index in [1.807, 2.05) is 12.1 Å². The van der Waals surface area contributed by atoms with E-state index < -0.39 is 11.1 Å². The van der Waals surface area contributed by atoms with E-state index in [9.17, 15) is 4.21 Å². The predicted molar refractivity (Wildman–Crippen MR) is 56.9 cm³/mol. The molecule has 0 aliphatic carbocycles. The molecular formula is C10H13NO2S. The van der Waals surface area contributed by atoms with E-state index in [0.29, 0.717) is 4.90 Å². The van der Waals surface area contributed by atoms with Crippen molar-refractivity contribution in [1.82, 2.24) is 0 Å². The molecule has 0 aromatic heterocycles. The topological polar surface area (TPSA) is 40.5 Å². The monoisotopic (exact) mass is 211 g/mol. The number of benzene rings is 1. The molecule has 1 aliphatic heterocycles. The fourth-order valence-electron chi connectivity index (χ4n) is 1.76. The summed E-state index contributed by atoms with van der Waals surface area (Å²) in [6, 6.07) is 7.29. The lowest BCUT2D eigenvalue weighted by Gasteiger charge is -2.17. The fourth-order valence-corrected chi connectivity index (χ4v) is 2.18. The van der Waals surface area contributed by atoms with Crippen LogP contribution in [0.5, 0.6) is 0 Å². The summed E-state index contributed by atoms with van der Waals surface area (Å²) < 4.78 is 19.8. The third-order valence-corrected chi connectivity index (χ3v) is 3.15. The van der Waals surface area contributed by atoms with Crippen molar-refractivity contribution in [3.05, 3.63) is 24.3 Å². The Labute approximate surface area is 86.0 Å². The average molecular weight is 211 g/mol. The Kier molecular flexibility index (Phi) is 2.84. The van der Waals surface area contributed by atoms with Crippen LogP contribution in [0.1, 0.15) is 12.8 Å². The van der Waals surface area contributed by atoms with Gasteiger partial charge in [0, 0.05) is 18.8 Å². The normalized spacial score (nSPS) is 18.5. The first kappa shape index (κ1) is 9.68. The van der Waals surface area contributed by atoms with Crippen LogP contribution in [0.3, 0.4) is 0 Å². The van der Waals surface area contributed by atoms with Crippen molar-refractivity contribution in [3.8, 4) is 0 Å². The summed E-state index contributed by atoms with van der Waals surface area (Å²) in [7, 11) is 0. The minimum absolute atomic E-state index is 0.481. The molecule has 1 aromatic carbocycles. The van der Waals surface area contributed by atoms with Crippen LogP contribution in [-0.4, -0.2) is 21.9 Å². The average Bonchev–Trinajstić information content (AvgIpc) is 2.71. The molecule has 1 unspecified atom stereocenters. The molecule has 1 aliphatic rings. The Morgan fingerprint density at radius 1 is 1.29 bits per heavy atom. The Hall–Kier alpha value is -0.870. The van der Waals surface area contributed by atoms with Crippen LogP contribution < -0.4 is 4.90 Å². The lowest BCUT2D eigenvalue weighted by molar-refractivity contribution is 0.564. The molecule has 3 nitrogen and oxygen atoms in total. The molecule has 1 heterocycles. The first-order valence-electron chi connectivity index (χ1n) is 4.73. The van der Waals surface area contributed by atoms with E-state index in [4.69, 9.17) is 4.55 Å². The maximum atomic E-state index is 10.9. The highest BCUT2D eigenvalue weighted by molar-refractivity contribution is 7.79. The zero-order chi connectivity index (χ0) is 9.97. The van der Waals surface area contributed by atoms with Crippen LogP contribution in [0, 0.1) is 0 Å². The van der Waals surface area contributed by atoms with Gasteiger partial charge in [-0.1, -0.05) is 6.07 Å². The molecule has 0 saturated carbocycles. The van der Waals surface area contributed by atoms with Gasteiger partial charge in [0.05, 0.1) is 4.90 Å². The lowest BCUT2D eigenvalue weighted by atomic mass is 10.3. The molecule has 1 N–H and O–H groups in total. The fraction of sp³-hybridized carbons (Fsp3) is 0.400. The van der Waals surface area contributed by atoms with Crippen molar-refractivity contribution in [3.63, 3.8) is 0 Å². The molecular weight excluding hydrogens is 198 g/mol. The van der Waals surface area contributed by atoms with Gasteiger partial charge in [0.1, 0.15) is 0 Å². The SMILES string of the molecule is O=S(O)c1cccc(N2CCCC2)c1. The predicted octanol–water partition coefficient (Wildman–Crippen LogP) is 1.87. The van der Waals surface area contributed by atoms with Gasteiger partial charge in [-0.3, -0.25) is 0 Å². The largest absolute Gasteiger partial charge is 0.372 e. The summed E-state index contributed by atoms with van der Waals surface area (Å²) in [6.07, 6.45) is 2.43. The van der Waals surface area contributed by atoms with E-state index >= 15 is 0 Å². The van der Waals surface area contributed by atoms with Gasteiger partial charge in [0.2, 0.25) is 0 Å². The smallest absolute Gasteiger partial charge is 0.186 e. The summed E-state index contributed by atoms with van der Waals surface area (Å²) in [5.74, 6) is 0. The first-order valence-corrected chi connectivity index (χ1v) is 5.84. The second-order valence-corrected chi connectivity index (χ2v) is 4.41. The van der Waals surface area contributed by atoms with Crippen LogP contribution >= 0.6 is 0 Å². The highest BCUT2D eigenvalue weighted by Gasteiger charge is 2.12. The van der Waals surface area contributed by atoms with Crippen molar-refractivity contribution in [2.45, 2.75) is 17.7 Å². The third kappa shape index (κ3) is 1.96. The van der Waals surface area contributed by atoms with Crippen LogP contribution in [-0.2, 0) is 11.1 Å². The van der Waals surface area contributed by atoms with Gasteiger partial charge in [-0.2, -0.15) is 0 Å². The Bertz CT molecular complexity index is 348. The van der Waals surface area contributed by atoms with Crippen LogP contribution in [0.2, 0.25) is 0 Å². The van der Waals surface area contributed by atoms with Gasteiger partial charge < -0.3 is 9.45 Å². The minimum Gasteiger partial charge on any atom is -0.372 e. The second-order valence-electron chi connectivity index (χ2n) is 3.44. The number of rotatable bonds is 2. The zero-order valence-corrected chi connectivity index (χ0v) is 8.67. The summed E-state index contributed by atoms with van der Waals surface area (Å²) in [6.45, 7) is 2.11. The molecule has 0 bridgehead atoms. The van der Waals surface area contributed by atoms with Gasteiger partial charge in [0.15, 0.2) is 11.1 Å². The highest BCUT2D eigenvalue weighted by atomic mass is 32.2. The van der Waals surface area contributed by atoms with Gasteiger partial charge in [-0.05, 0) is 31.0 Å². The summed E-state index contributed by atoms with van der Waals surface area (Å²) in [4.78, 5) is 2.73. The maximum Gasteiger partial charge on any atom is 0.186 e. The van der Waals surface area contributed by atoms with Gasteiger partial charge in [0.25, 0.3) is 0 Å². The van der Waals surface area contributed by atoms with Crippen molar-refractivity contribution < 1.29 is 8.76 Å². The van der Waals surface area contributed by atoms with Crippen LogP contribution in [0.15, 0.2) is 29.2 Å². The molecule has 1 fully saturated rings. The molecule has 76 valence electrons.